The summed E-state index contributed by atoms with van der Waals surface area (Å²) in [5, 5.41) is 11.8. The number of hydrogen-bond donors (Lipinski definition) is 3. The van der Waals surface area contributed by atoms with E-state index in [1.807, 2.05) is 30.9 Å². The first-order valence-corrected chi connectivity index (χ1v) is 6.56. The molecule has 0 aromatic heterocycles. The third-order valence-corrected chi connectivity index (χ3v) is 2.97. The van der Waals surface area contributed by atoms with Crippen LogP contribution in [0.5, 0.6) is 0 Å². The second-order valence-corrected chi connectivity index (χ2v) is 4.57. The van der Waals surface area contributed by atoms with Crippen LogP contribution in [0.1, 0.15) is 18.9 Å². The van der Waals surface area contributed by atoms with Gasteiger partial charge in [0.1, 0.15) is 0 Å². The maximum atomic E-state index is 12.0. The Hall–Kier alpha value is -1.59. The van der Waals surface area contributed by atoms with E-state index in [2.05, 4.69) is 5.32 Å². The van der Waals surface area contributed by atoms with Crippen molar-refractivity contribution in [3.05, 3.63) is 23.8 Å². The molecule has 0 bridgehead atoms. The van der Waals surface area contributed by atoms with Crippen LogP contribution in [-0.2, 0) is 4.79 Å². The van der Waals surface area contributed by atoms with Gasteiger partial charge in [-0.1, -0.05) is 13.0 Å². The number of nitrogens with one attached hydrogen (secondary N) is 1. The van der Waals surface area contributed by atoms with Gasteiger partial charge in [0.05, 0.1) is 13.2 Å². The average molecular weight is 265 g/mol. The summed E-state index contributed by atoms with van der Waals surface area (Å²) in [5.74, 6) is -0.0874. The normalized spacial score (nSPS) is 10.7. The maximum absolute atomic E-state index is 12.0. The Bertz CT molecular complexity index is 415. The first kappa shape index (κ1) is 15.5. The Balaban J connectivity index is 2.61. The predicted octanol–water partition coefficient (Wildman–Crippen LogP) is 1.22. The van der Waals surface area contributed by atoms with Gasteiger partial charge in [-0.15, -0.1) is 0 Å². The minimum Gasteiger partial charge on any atom is -0.398 e. The highest BCUT2D eigenvalue weighted by molar-refractivity contribution is 5.93. The monoisotopic (exact) mass is 265 g/mol. The SMILES string of the molecule is CCCN(CCO)CC(=O)Nc1cccc(N)c1C. The molecule has 5 heteroatoms. The van der Waals surface area contributed by atoms with Gasteiger partial charge in [0.2, 0.25) is 5.91 Å². The number of nitrogens with two attached hydrogens (primary N) is 1. The molecule has 4 N–H and O–H groups in total. The predicted molar refractivity (Wildman–Crippen MR) is 78.0 cm³/mol. The third kappa shape index (κ3) is 4.89. The molecule has 0 fully saturated rings. The number of carbonyl (C=O) groups excluding carboxylic acids is 1. The van der Waals surface area contributed by atoms with Crippen LogP contribution in [0.15, 0.2) is 18.2 Å². The van der Waals surface area contributed by atoms with Crippen LogP contribution in [-0.4, -0.2) is 42.2 Å². The molecule has 0 spiro atoms. The van der Waals surface area contributed by atoms with E-state index in [4.69, 9.17) is 10.8 Å². The minimum atomic E-state index is -0.0874. The van der Waals surface area contributed by atoms with Crippen molar-refractivity contribution in [1.29, 1.82) is 0 Å². The van der Waals surface area contributed by atoms with Gasteiger partial charge in [0.15, 0.2) is 0 Å². The van der Waals surface area contributed by atoms with Gasteiger partial charge in [0.25, 0.3) is 0 Å². The Morgan fingerprint density at radius 3 is 2.79 bits per heavy atom. The number of aliphatic hydroxyl groups excluding tert-OH is 1. The van der Waals surface area contributed by atoms with Gasteiger partial charge in [-0.05, 0) is 37.6 Å². The Morgan fingerprint density at radius 2 is 2.16 bits per heavy atom. The zero-order valence-corrected chi connectivity index (χ0v) is 11.6. The molecule has 106 valence electrons. The first-order valence-electron chi connectivity index (χ1n) is 6.56. The minimum absolute atomic E-state index is 0.0601. The summed E-state index contributed by atoms with van der Waals surface area (Å²) in [4.78, 5) is 13.9. The van der Waals surface area contributed by atoms with Gasteiger partial charge in [-0.2, -0.15) is 0 Å². The lowest BCUT2D eigenvalue weighted by Gasteiger charge is -2.20. The van der Waals surface area contributed by atoms with Gasteiger partial charge >= 0.3 is 0 Å². The molecule has 0 saturated heterocycles. The lowest BCUT2D eigenvalue weighted by atomic mass is 10.1. The van der Waals surface area contributed by atoms with E-state index in [0.717, 1.165) is 24.2 Å². The van der Waals surface area contributed by atoms with Gasteiger partial charge in [-0.25, -0.2) is 0 Å². The Morgan fingerprint density at radius 1 is 1.42 bits per heavy atom. The van der Waals surface area contributed by atoms with Crippen LogP contribution in [0.25, 0.3) is 0 Å². The number of nitrogens with zero attached hydrogens (tertiary/aromatic N) is 1. The zero-order chi connectivity index (χ0) is 14.3. The van der Waals surface area contributed by atoms with Gasteiger partial charge in [-0.3, -0.25) is 9.69 Å². The number of aliphatic hydroxyl groups is 1. The van der Waals surface area contributed by atoms with Crippen molar-refractivity contribution >= 4 is 17.3 Å². The van der Waals surface area contributed by atoms with Crippen LogP contribution in [0.4, 0.5) is 11.4 Å². The van der Waals surface area contributed by atoms with Crippen LogP contribution < -0.4 is 11.1 Å². The highest BCUT2D eigenvalue weighted by atomic mass is 16.3. The zero-order valence-electron chi connectivity index (χ0n) is 11.6. The second kappa shape index (κ2) is 7.76. The second-order valence-electron chi connectivity index (χ2n) is 4.57. The smallest absolute Gasteiger partial charge is 0.238 e. The van der Waals surface area contributed by atoms with Crippen LogP contribution in [0.2, 0.25) is 0 Å². The third-order valence-electron chi connectivity index (χ3n) is 2.97. The summed E-state index contributed by atoms with van der Waals surface area (Å²) < 4.78 is 0. The maximum Gasteiger partial charge on any atom is 0.238 e. The Labute approximate surface area is 114 Å². The molecule has 1 rings (SSSR count). The van der Waals surface area contributed by atoms with Crippen LogP contribution in [0, 0.1) is 6.92 Å². The fourth-order valence-corrected chi connectivity index (χ4v) is 1.91. The molecule has 0 atom stereocenters. The van der Waals surface area contributed by atoms with Crippen molar-refractivity contribution in [2.45, 2.75) is 20.3 Å². The van der Waals surface area contributed by atoms with Crippen molar-refractivity contribution in [3.63, 3.8) is 0 Å². The van der Waals surface area contributed by atoms with E-state index in [1.165, 1.54) is 0 Å². The summed E-state index contributed by atoms with van der Waals surface area (Å²) >= 11 is 0. The lowest BCUT2D eigenvalue weighted by Crippen LogP contribution is -2.35. The molecule has 0 unspecified atom stereocenters. The summed E-state index contributed by atoms with van der Waals surface area (Å²) in [7, 11) is 0. The van der Waals surface area contributed by atoms with Crippen molar-refractivity contribution < 1.29 is 9.90 Å². The number of nitrogen functional groups attached to an aromatic ring is 1. The molecule has 0 aliphatic heterocycles. The summed E-state index contributed by atoms with van der Waals surface area (Å²) in [6, 6.07) is 5.45. The quantitative estimate of drug-likeness (QED) is 0.648. The van der Waals surface area contributed by atoms with Crippen molar-refractivity contribution in [3.8, 4) is 0 Å². The van der Waals surface area contributed by atoms with Gasteiger partial charge in [0, 0.05) is 17.9 Å². The summed E-state index contributed by atoms with van der Waals surface area (Å²) in [5.41, 5.74) is 8.08. The first-order chi connectivity index (χ1) is 9.08. The molecule has 0 saturated carbocycles. The average Bonchev–Trinajstić information content (AvgIpc) is 2.35. The number of carbonyl (C=O) groups is 1. The van der Waals surface area contributed by atoms with E-state index < -0.39 is 0 Å². The molecule has 5 nitrogen and oxygen atoms in total. The van der Waals surface area contributed by atoms with Crippen molar-refractivity contribution in [2.24, 2.45) is 0 Å². The number of amides is 1. The Kier molecular flexibility index (Phi) is 6.32. The number of rotatable bonds is 7. The molecular formula is C14H23N3O2. The molecule has 0 heterocycles. The van der Waals surface area contributed by atoms with E-state index in [0.29, 0.717) is 12.2 Å². The van der Waals surface area contributed by atoms with Gasteiger partial charge < -0.3 is 16.2 Å². The van der Waals surface area contributed by atoms with Crippen molar-refractivity contribution in [2.75, 3.05) is 37.3 Å². The molecular weight excluding hydrogens is 242 g/mol. The molecule has 0 aliphatic carbocycles. The molecule has 1 aromatic carbocycles. The molecule has 1 amide bonds. The molecule has 1 aromatic rings. The lowest BCUT2D eigenvalue weighted by molar-refractivity contribution is -0.117. The highest BCUT2D eigenvalue weighted by Crippen LogP contribution is 2.20. The number of anilines is 2. The summed E-state index contributed by atoms with van der Waals surface area (Å²) in [6.45, 7) is 5.57. The summed E-state index contributed by atoms with van der Waals surface area (Å²) in [6.07, 6.45) is 0.949. The van der Waals surface area contributed by atoms with E-state index >= 15 is 0 Å². The standard InChI is InChI=1S/C14H23N3O2/c1-3-7-17(8-9-18)10-14(19)16-13-6-4-5-12(15)11(13)2/h4-6,18H,3,7-10,15H2,1-2H3,(H,16,19). The largest absolute Gasteiger partial charge is 0.398 e. The van der Waals surface area contributed by atoms with E-state index in [-0.39, 0.29) is 19.1 Å². The molecule has 0 aliphatic rings. The number of hydrogen-bond acceptors (Lipinski definition) is 4. The van der Waals surface area contributed by atoms with E-state index in [1.54, 1.807) is 6.07 Å². The number of benzene rings is 1. The van der Waals surface area contributed by atoms with Crippen LogP contribution in [0.3, 0.4) is 0 Å². The molecule has 19 heavy (non-hydrogen) atoms. The fourth-order valence-electron chi connectivity index (χ4n) is 1.91. The van der Waals surface area contributed by atoms with Crippen molar-refractivity contribution in [1.82, 2.24) is 4.90 Å². The fraction of sp³-hybridized carbons (Fsp3) is 0.500. The van der Waals surface area contributed by atoms with E-state index in [9.17, 15) is 4.79 Å². The van der Waals surface area contributed by atoms with Crippen LogP contribution >= 0.6 is 0 Å². The highest BCUT2D eigenvalue weighted by Gasteiger charge is 2.11. The topological polar surface area (TPSA) is 78.6 Å². The molecule has 0 radical (unpaired) electrons.